The molecule has 0 aliphatic carbocycles. The molecule has 9 atom stereocenters. The summed E-state index contributed by atoms with van der Waals surface area (Å²) in [5.41, 5.74) is -0.310. The van der Waals surface area contributed by atoms with Crippen LogP contribution in [0.5, 0.6) is 0 Å². The molecule has 0 amide bonds. The fourth-order valence-electron chi connectivity index (χ4n) is 8.77. The zero-order chi connectivity index (χ0) is 33.0. The highest BCUT2D eigenvalue weighted by molar-refractivity contribution is 5.94. The van der Waals surface area contributed by atoms with Gasteiger partial charge in [0.05, 0.1) is 12.2 Å². The second-order valence-corrected chi connectivity index (χ2v) is 16.3. The van der Waals surface area contributed by atoms with Crippen LogP contribution >= 0.6 is 0 Å². The summed E-state index contributed by atoms with van der Waals surface area (Å²) in [6, 6.07) is 0. The zero-order valence-electron chi connectivity index (χ0n) is 30.5. The molecule has 6 heteroatoms. The molecule has 9 unspecified atom stereocenters. The van der Waals surface area contributed by atoms with Gasteiger partial charge >= 0.3 is 5.97 Å². The summed E-state index contributed by atoms with van der Waals surface area (Å²) in [5.74, 6) is 1.39. The second kappa shape index (κ2) is 15.5. The van der Waals surface area contributed by atoms with Crippen LogP contribution in [-0.4, -0.2) is 42.6 Å². The molecule has 2 heterocycles. The number of carbonyl (C=O) groups is 2. The van der Waals surface area contributed by atoms with Gasteiger partial charge in [0.1, 0.15) is 18.8 Å². The molecule has 2 rings (SSSR count). The molecule has 2 aliphatic rings. The Kier molecular flexibility index (Phi) is 13.8. The van der Waals surface area contributed by atoms with E-state index in [0.717, 1.165) is 19.3 Å². The number of hydrogen-bond acceptors (Lipinski definition) is 6. The summed E-state index contributed by atoms with van der Waals surface area (Å²) in [6.45, 7) is 33.3. The molecule has 0 aromatic carbocycles. The lowest BCUT2D eigenvalue weighted by Crippen LogP contribution is -2.63. The first-order valence-corrected chi connectivity index (χ1v) is 17.5. The average Bonchev–Trinajstić information content (AvgIpc) is 3.15. The fraction of sp³-hybridized carbons (Fsp3) is 0.946. The third-order valence-electron chi connectivity index (χ3n) is 10.6. The van der Waals surface area contributed by atoms with Crippen molar-refractivity contribution in [2.45, 2.75) is 154 Å². The Morgan fingerprint density at radius 3 is 1.74 bits per heavy atom. The van der Waals surface area contributed by atoms with Gasteiger partial charge in [-0.05, 0) is 73.0 Å². The van der Waals surface area contributed by atoms with Gasteiger partial charge in [0.2, 0.25) is 5.79 Å². The Bertz CT molecular complexity index is 894. The summed E-state index contributed by atoms with van der Waals surface area (Å²) in [7, 11) is 0. The van der Waals surface area contributed by atoms with Crippen molar-refractivity contribution in [3.05, 3.63) is 0 Å². The number of rotatable bonds is 15. The van der Waals surface area contributed by atoms with E-state index in [1.165, 1.54) is 6.92 Å². The molecule has 0 radical (unpaired) electrons. The van der Waals surface area contributed by atoms with E-state index in [1.807, 2.05) is 0 Å². The largest absolute Gasteiger partial charge is 0.460 e. The summed E-state index contributed by atoms with van der Waals surface area (Å²) in [6.07, 6.45) is 2.05. The van der Waals surface area contributed by atoms with Gasteiger partial charge < -0.3 is 18.9 Å². The lowest BCUT2D eigenvalue weighted by atomic mass is 9.55. The van der Waals surface area contributed by atoms with Gasteiger partial charge in [-0.3, -0.25) is 9.59 Å². The van der Waals surface area contributed by atoms with Crippen molar-refractivity contribution in [3.63, 3.8) is 0 Å². The molecule has 0 aromatic heterocycles. The number of carbonyl (C=O) groups excluding carboxylic acids is 2. The molecule has 43 heavy (non-hydrogen) atoms. The summed E-state index contributed by atoms with van der Waals surface area (Å²) < 4.78 is 27.6. The topological polar surface area (TPSA) is 71.1 Å². The van der Waals surface area contributed by atoms with E-state index >= 15 is 0 Å². The van der Waals surface area contributed by atoms with E-state index in [2.05, 4.69) is 96.9 Å². The minimum Gasteiger partial charge on any atom is -0.460 e. The number of ketones is 1. The molecule has 0 aromatic rings. The molecule has 0 bridgehead atoms. The predicted octanol–water partition coefficient (Wildman–Crippen LogP) is 8.94. The van der Waals surface area contributed by atoms with Gasteiger partial charge in [-0.25, -0.2) is 0 Å². The molecule has 0 saturated carbocycles. The van der Waals surface area contributed by atoms with E-state index in [4.69, 9.17) is 18.9 Å². The minimum absolute atomic E-state index is 0.00439. The summed E-state index contributed by atoms with van der Waals surface area (Å²) in [4.78, 5) is 24.6. The molecule has 2 fully saturated rings. The van der Waals surface area contributed by atoms with Crippen LogP contribution in [0, 0.1) is 64.6 Å². The van der Waals surface area contributed by atoms with Crippen LogP contribution in [0.3, 0.4) is 0 Å². The van der Waals surface area contributed by atoms with Gasteiger partial charge in [0.25, 0.3) is 0 Å². The number of Topliss-reactive ketones (excluding diaryl/α,β-unsaturated/α-hetero) is 1. The molecule has 6 nitrogen and oxygen atoms in total. The van der Waals surface area contributed by atoms with Crippen molar-refractivity contribution in [3.8, 4) is 0 Å². The van der Waals surface area contributed by atoms with E-state index in [0.29, 0.717) is 35.5 Å². The van der Waals surface area contributed by atoms with Gasteiger partial charge in [-0.15, -0.1) is 0 Å². The number of esters is 1. The molecule has 0 N–H and O–H groups in total. The van der Waals surface area contributed by atoms with E-state index in [1.54, 1.807) is 0 Å². The third-order valence-corrected chi connectivity index (χ3v) is 10.6. The first-order chi connectivity index (χ1) is 19.8. The lowest BCUT2D eigenvalue weighted by Gasteiger charge is -2.59. The van der Waals surface area contributed by atoms with Crippen LogP contribution in [0.25, 0.3) is 0 Å². The molecular formula is C37H68O6. The summed E-state index contributed by atoms with van der Waals surface area (Å²) in [5, 5.41) is 0. The highest BCUT2D eigenvalue weighted by Gasteiger charge is 2.63. The monoisotopic (exact) mass is 609 g/mol. The minimum atomic E-state index is -1.17. The Morgan fingerprint density at radius 1 is 0.791 bits per heavy atom. The van der Waals surface area contributed by atoms with Crippen LogP contribution < -0.4 is 0 Å². The second-order valence-electron chi connectivity index (χ2n) is 16.3. The van der Waals surface area contributed by atoms with Gasteiger partial charge in [0, 0.05) is 11.3 Å². The van der Waals surface area contributed by atoms with Crippen LogP contribution in [0.2, 0.25) is 0 Å². The van der Waals surface area contributed by atoms with Crippen molar-refractivity contribution in [2.75, 3.05) is 6.61 Å². The Labute approximate surface area is 265 Å². The van der Waals surface area contributed by atoms with E-state index in [9.17, 15) is 9.59 Å². The highest BCUT2D eigenvalue weighted by atomic mass is 16.8. The van der Waals surface area contributed by atoms with Gasteiger partial charge in [-0.2, -0.15) is 0 Å². The number of ether oxygens (including phenoxy) is 4. The lowest BCUT2D eigenvalue weighted by molar-refractivity contribution is -0.394. The fourth-order valence-corrected chi connectivity index (χ4v) is 8.77. The maximum Gasteiger partial charge on any atom is 0.313 e. The quantitative estimate of drug-likeness (QED) is 0.137. The SMILES string of the molecule is CCC1C(CC(C)C)OC(COC(=O)CC(C)=O)(OC2OC(CC(C)C)C(C(C)C)C(C(C)C)C2(C)C(C)C)C1C(C)C. The highest BCUT2D eigenvalue weighted by Crippen LogP contribution is 2.58. The van der Waals surface area contributed by atoms with Crippen LogP contribution in [0.1, 0.15) is 130 Å². The van der Waals surface area contributed by atoms with Crippen molar-refractivity contribution >= 4 is 11.8 Å². The Balaban J connectivity index is 2.75. The molecular weight excluding hydrogens is 540 g/mol. The average molecular weight is 609 g/mol. The van der Waals surface area contributed by atoms with Crippen molar-refractivity contribution < 1.29 is 28.5 Å². The molecule has 2 saturated heterocycles. The van der Waals surface area contributed by atoms with Crippen molar-refractivity contribution in [1.29, 1.82) is 0 Å². The van der Waals surface area contributed by atoms with Gasteiger partial charge in [0.15, 0.2) is 6.29 Å². The van der Waals surface area contributed by atoms with Crippen molar-refractivity contribution in [1.82, 2.24) is 0 Å². The molecule has 252 valence electrons. The zero-order valence-corrected chi connectivity index (χ0v) is 30.5. The Morgan fingerprint density at radius 2 is 1.33 bits per heavy atom. The maximum atomic E-state index is 12.8. The van der Waals surface area contributed by atoms with E-state index in [-0.39, 0.29) is 60.1 Å². The maximum absolute atomic E-state index is 12.8. The predicted molar refractivity (Wildman–Crippen MR) is 174 cm³/mol. The number of hydrogen-bond donors (Lipinski definition) is 0. The van der Waals surface area contributed by atoms with Gasteiger partial charge in [-0.1, -0.05) is 103 Å². The third kappa shape index (κ3) is 8.64. The summed E-state index contributed by atoms with van der Waals surface area (Å²) >= 11 is 0. The Hall–Kier alpha value is -0.980. The molecule has 2 aliphatic heterocycles. The normalized spacial score (nSPS) is 35.2. The first-order valence-electron chi connectivity index (χ1n) is 17.5. The van der Waals surface area contributed by atoms with Crippen LogP contribution in [-0.2, 0) is 28.5 Å². The van der Waals surface area contributed by atoms with Crippen LogP contribution in [0.15, 0.2) is 0 Å². The first kappa shape index (κ1) is 38.2. The standard InChI is InChI=1S/C37H68O6/c1-16-28-29(17-21(2)3)42-37(33(28)24(8)9,20-40-31(39)19-27(14)38)43-35-36(15,26(12)13)34(25(10)11)32(23(6)7)30(41-35)18-22(4)5/h21-26,28-30,32-35H,16-20H2,1-15H3. The van der Waals surface area contributed by atoms with E-state index < -0.39 is 18.0 Å². The van der Waals surface area contributed by atoms with Crippen LogP contribution in [0.4, 0.5) is 0 Å². The molecule has 0 spiro atoms. The smallest absolute Gasteiger partial charge is 0.313 e. The van der Waals surface area contributed by atoms with Crippen molar-refractivity contribution in [2.24, 2.45) is 64.6 Å².